The Morgan fingerprint density at radius 3 is 1.58 bits per heavy atom. The molecule has 0 saturated carbocycles. The van der Waals surface area contributed by atoms with Crippen molar-refractivity contribution in [2.75, 3.05) is 14.2 Å². The second kappa shape index (κ2) is 12.6. The topological polar surface area (TPSA) is 127 Å². The Bertz CT molecular complexity index is 659. The Morgan fingerprint density at radius 2 is 1.27 bits per heavy atom. The van der Waals surface area contributed by atoms with Crippen molar-refractivity contribution in [2.24, 2.45) is 10.3 Å². The predicted octanol–water partition coefficient (Wildman–Crippen LogP) is 0.802. The first-order valence-electron chi connectivity index (χ1n) is 7.22. The van der Waals surface area contributed by atoms with Crippen LogP contribution in [0.5, 0.6) is 0 Å². The van der Waals surface area contributed by atoms with Gasteiger partial charge in [-0.3, -0.25) is 19.6 Å². The van der Waals surface area contributed by atoms with Crippen molar-refractivity contribution in [1.29, 1.82) is 0 Å². The standard InChI is InChI=1S/2C8H9N3O2/c2*1-13-11-6-10-8(12)7-4-2-3-5-9-7/h2*2-6H,1H3,(H,10,11,12). The molecule has 10 heteroatoms. The molecular formula is C16H18N6O4. The number of amides is 2. The Morgan fingerprint density at radius 1 is 0.846 bits per heavy atom. The third-order valence-electron chi connectivity index (χ3n) is 2.50. The number of nitrogens with zero attached hydrogens (tertiary/aromatic N) is 4. The highest BCUT2D eigenvalue weighted by Gasteiger charge is 2.03. The van der Waals surface area contributed by atoms with Crippen molar-refractivity contribution in [3.63, 3.8) is 0 Å². The van der Waals surface area contributed by atoms with Gasteiger partial charge < -0.3 is 20.3 Å². The lowest BCUT2D eigenvalue weighted by molar-refractivity contribution is 0.0963. The fraction of sp³-hybridized carbons (Fsp3) is 0.125. The summed E-state index contributed by atoms with van der Waals surface area (Å²) in [7, 11) is 2.78. The first kappa shape index (κ1) is 20.2. The zero-order chi connectivity index (χ0) is 19.0. The summed E-state index contributed by atoms with van der Waals surface area (Å²) in [6.07, 6.45) is 5.42. The van der Waals surface area contributed by atoms with Gasteiger partial charge in [-0.15, -0.1) is 0 Å². The van der Waals surface area contributed by atoms with E-state index in [1.54, 1.807) is 48.8 Å². The van der Waals surface area contributed by atoms with Crippen LogP contribution in [0.1, 0.15) is 21.0 Å². The third-order valence-corrected chi connectivity index (χ3v) is 2.50. The van der Waals surface area contributed by atoms with E-state index in [4.69, 9.17) is 0 Å². The summed E-state index contributed by atoms with van der Waals surface area (Å²) in [5.74, 6) is -0.636. The van der Waals surface area contributed by atoms with Crippen LogP contribution in [0.25, 0.3) is 0 Å². The van der Waals surface area contributed by atoms with Crippen LogP contribution in [0.15, 0.2) is 59.1 Å². The average molecular weight is 358 g/mol. The molecule has 0 fully saturated rings. The Labute approximate surface area is 149 Å². The molecular weight excluding hydrogens is 340 g/mol. The molecule has 2 aromatic heterocycles. The molecule has 136 valence electrons. The molecule has 2 rings (SSSR count). The van der Waals surface area contributed by atoms with E-state index in [1.807, 2.05) is 0 Å². The smallest absolute Gasteiger partial charge is 0.275 e. The molecule has 26 heavy (non-hydrogen) atoms. The number of rotatable bonds is 6. The van der Waals surface area contributed by atoms with Gasteiger partial charge in [-0.1, -0.05) is 22.4 Å². The molecule has 10 nitrogen and oxygen atoms in total. The molecule has 0 unspecified atom stereocenters. The van der Waals surface area contributed by atoms with Gasteiger partial charge in [0.15, 0.2) is 0 Å². The SMILES string of the molecule is CO/N=C/NC(=O)c1ccccn1.CO/N=C/NC(=O)c1ccccn1. The summed E-state index contributed by atoms with van der Waals surface area (Å²) in [4.78, 5) is 38.8. The Kier molecular flexibility index (Phi) is 9.79. The van der Waals surface area contributed by atoms with E-state index in [-0.39, 0.29) is 11.8 Å². The maximum atomic E-state index is 11.2. The van der Waals surface area contributed by atoms with Gasteiger partial charge in [0.05, 0.1) is 0 Å². The van der Waals surface area contributed by atoms with Crippen LogP contribution < -0.4 is 10.6 Å². The van der Waals surface area contributed by atoms with Crippen LogP contribution in [0.2, 0.25) is 0 Å². The van der Waals surface area contributed by atoms with Gasteiger partial charge in [0.2, 0.25) is 0 Å². The average Bonchev–Trinajstić information content (AvgIpc) is 2.70. The van der Waals surface area contributed by atoms with E-state index in [2.05, 4.69) is 40.6 Å². The Balaban J connectivity index is 0.000000260. The molecule has 0 radical (unpaired) electrons. The molecule has 0 bridgehead atoms. The molecule has 0 aliphatic rings. The summed E-state index contributed by atoms with van der Waals surface area (Å²) in [6, 6.07) is 10.1. The zero-order valence-corrected chi connectivity index (χ0v) is 14.2. The van der Waals surface area contributed by atoms with Gasteiger partial charge in [0, 0.05) is 12.4 Å². The predicted molar refractivity (Wildman–Crippen MR) is 94.4 cm³/mol. The minimum absolute atomic E-state index is 0.318. The van der Waals surface area contributed by atoms with E-state index in [1.165, 1.54) is 14.2 Å². The number of pyridine rings is 2. The van der Waals surface area contributed by atoms with E-state index in [0.29, 0.717) is 11.4 Å². The van der Waals surface area contributed by atoms with Gasteiger partial charge in [0.1, 0.15) is 38.3 Å². The highest BCUT2D eigenvalue weighted by molar-refractivity contribution is 5.99. The number of carbonyl (C=O) groups is 2. The van der Waals surface area contributed by atoms with Crippen molar-refractivity contribution in [2.45, 2.75) is 0 Å². The summed E-state index contributed by atoms with van der Waals surface area (Å²) in [6.45, 7) is 0. The minimum Gasteiger partial charge on any atom is -0.398 e. The van der Waals surface area contributed by atoms with Crippen LogP contribution >= 0.6 is 0 Å². The lowest BCUT2D eigenvalue weighted by Crippen LogP contribution is -2.22. The number of carbonyl (C=O) groups excluding carboxylic acids is 2. The summed E-state index contributed by atoms with van der Waals surface area (Å²) in [5.41, 5.74) is 0.676. The molecule has 2 aromatic rings. The van der Waals surface area contributed by atoms with Gasteiger partial charge in [-0.2, -0.15) is 0 Å². The van der Waals surface area contributed by atoms with Crippen LogP contribution in [-0.2, 0) is 9.68 Å². The van der Waals surface area contributed by atoms with E-state index >= 15 is 0 Å². The van der Waals surface area contributed by atoms with Crippen molar-refractivity contribution in [3.8, 4) is 0 Å². The molecule has 0 aromatic carbocycles. The summed E-state index contributed by atoms with van der Waals surface area (Å²) >= 11 is 0. The van der Waals surface area contributed by atoms with Gasteiger partial charge >= 0.3 is 0 Å². The normalized spacial score (nSPS) is 9.92. The van der Waals surface area contributed by atoms with E-state index < -0.39 is 0 Å². The van der Waals surface area contributed by atoms with Crippen molar-refractivity contribution < 1.29 is 19.3 Å². The third kappa shape index (κ3) is 8.15. The molecule has 2 heterocycles. The molecule has 0 aliphatic carbocycles. The van der Waals surface area contributed by atoms with Crippen molar-refractivity contribution in [3.05, 3.63) is 60.2 Å². The molecule has 2 amide bonds. The highest BCUT2D eigenvalue weighted by atomic mass is 16.6. The zero-order valence-electron chi connectivity index (χ0n) is 14.2. The van der Waals surface area contributed by atoms with Gasteiger partial charge in [0.25, 0.3) is 11.8 Å². The number of oxime groups is 2. The van der Waals surface area contributed by atoms with Crippen LogP contribution in [0.3, 0.4) is 0 Å². The fourth-order valence-corrected chi connectivity index (χ4v) is 1.42. The van der Waals surface area contributed by atoms with Gasteiger partial charge in [-0.05, 0) is 24.3 Å². The maximum Gasteiger partial charge on any atom is 0.275 e. The molecule has 0 atom stereocenters. The Hall–Kier alpha value is -3.82. The molecule has 0 spiro atoms. The lowest BCUT2D eigenvalue weighted by Gasteiger charge is -1.96. The second-order valence-electron chi connectivity index (χ2n) is 4.21. The first-order valence-corrected chi connectivity index (χ1v) is 7.22. The molecule has 2 N–H and O–H groups in total. The second-order valence-corrected chi connectivity index (χ2v) is 4.21. The quantitative estimate of drug-likeness (QED) is 0.447. The minimum atomic E-state index is -0.318. The van der Waals surface area contributed by atoms with E-state index in [0.717, 1.165) is 12.7 Å². The molecule has 0 aliphatic heterocycles. The fourth-order valence-electron chi connectivity index (χ4n) is 1.42. The largest absolute Gasteiger partial charge is 0.398 e. The first-order chi connectivity index (χ1) is 12.7. The van der Waals surface area contributed by atoms with Crippen LogP contribution in [-0.4, -0.2) is 48.7 Å². The summed E-state index contributed by atoms with van der Waals surface area (Å²) < 4.78 is 0. The number of nitrogens with one attached hydrogen (secondary N) is 2. The highest BCUT2D eigenvalue weighted by Crippen LogP contribution is 1.92. The van der Waals surface area contributed by atoms with Gasteiger partial charge in [-0.25, -0.2) is 0 Å². The maximum absolute atomic E-state index is 11.2. The van der Waals surface area contributed by atoms with E-state index in [9.17, 15) is 9.59 Å². The van der Waals surface area contributed by atoms with Crippen LogP contribution in [0.4, 0.5) is 0 Å². The number of aromatic nitrogens is 2. The van der Waals surface area contributed by atoms with Crippen molar-refractivity contribution >= 4 is 24.5 Å². The van der Waals surface area contributed by atoms with Crippen molar-refractivity contribution in [1.82, 2.24) is 20.6 Å². The lowest BCUT2D eigenvalue weighted by atomic mass is 10.3. The van der Waals surface area contributed by atoms with Crippen LogP contribution in [0, 0.1) is 0 Å². The number of hydrogen-bond acceptors (Lipinski definition) is 8. The monoisotopic (exact) mass is 358 g/mol. The summed E-state index contributed by atoms with van der Waals surface area (Å²) in [5, 5.41) is 11.5. The molecule has 0 saturated heterocycles. The number of hydrogen-bond donors (Lipinski definition) is 2.